The molecule has 0 aliphatic rings. The maximum absolute atomic E-state index is 12.4. The van der Waals surface area contributed by atoms with Crippen LogP contribution in [-0.4, -0.2) is 39.8 Å². The molecule has 0 saturated carbocycles. The van der Waals surface area contributed by atoms with E-state index in [9.17, 15) is 4.79 Å². The van der Waals surface area contributed by atoms with Gasteiger partial charge in [-0.25, -0.2) is 15.0 Å². The highest BCUT2D eigenvalue weighted by Gasteiger charge is 2.21. The number of aliphatic imine (C=N–C) groups is 1. The number of carbonyl (C=O) groups is 1. The van der Waals surface area contributed by atoms with Crippen LogP contribution in [-0.2, 0) is 16.0 Å². The molecule has 36 heavy (non-hydrogen) atoms. The van der Waals surface area contributed by atoms with E-state index in [0.29, 0.717) is 11.6 Å². The molecule has 0 radical (unpaired) electrons. The Bertz CT molecular complexity index is 1240. The number of allylic oxidation sites excluding steroid dienone is 3. The summed E-state index contributed by atoms with van der Waals surface area (Å²) in [5, 5.41) is 1.03. The van der Waals surface area contributed by atoms with E-state index in [4.69, 9.17) is 15.2 Å². The molecule has 3 aromatic heterocycles. The molecule has 3 heterocycles. The number of pyridine rings is 3. The van der Waals surface area contributed by atoms with E-state index < -0.39 is 11.6 Å². The quantitative estimate of drug-likeness (QED) is 0.246. The first kappa shape index (κ1) is 26.5. The predicted octanol–water partition coefficient (Wildman–Crippen LogP) is 4.91. The van der Waals surface area contributed by atoms with Crippen molar-refractivity contribution in [3.8, 4) is 5.88 Å². The van der Waals surface area contributed by atoms with E-state index in [1.807, 2.05) is 63.3 Å². The molecule has 3 aromatic rings. The van der Waals surface area contributed by atoms with Gasteiger partial charge in [0.2, 0.25) is 5.88 Å². The van der Waals surface area contributed by atoms with Crippen molar-refractivity contribution < 1.29 is 14.3 Å². The van der Waals surface area contributed by atoms with Crippen LogP contribution in [0, 0.1) is 0 Å². The van der Waals surface area contributed by atoms with Gasteiger partial charge in [0.25, 0.3) is 0 Å². The summed E-state index contributed by atoms with van der Waals surface area (Å²) in [6.45, 7) is 5.50. The zero-order valence-electron chi connectivity index (χ0n) is 21.2. The molecule has 8 heteroatoms. The van der Waals surface area contributed by atoms with Gasteiger partial charge in [-0.15, -0.1) is 0 Å². The van der Waals surface area contributed by atoms with E-state index in [1.165, 1.54) is 0 Å². The lowest BCUT2D eigenvalue weighted by atomic mass is 10.1. The zero-order valence-corrected chi connectivity index (χ0v) is 21.2. The Morgan fingerprint density at radius 2 is 2.00 bits per heavy atom. The van der Waals surface area contributed by atoms with Crippen molar-refractivity contribution in [3.63, 3.8) is 0 Å². The third-order valence-electron chi connectivity index (χ3n) is 5.07. The minimum Gasteiger partial charge on any atom is -0.481 e. The Morgan fingerprint density at radius 1 is 1.17 bits per heavy atom. The number of nitrogens with two attached hydrogens (primary N) is 1. The van der Waals surface area contributed by atoms with E-state index in [0.717, 1.165) is 35.1 Å². The van der Waals surface area contributed by atoms with Crippen molar-refractivity contribution in [2.75, 3.05) is 7.11 Å². The zero-order chi connectivity index (χ0) is 26.0. The number of aryl methyl sites for hydroxylation is 1. The van der Waals surface area contributed by atoms with Gasteiger partial charge in [-0.2, -0.15) is 0 Å². The minimum absolute atomic E-state index is 0.0823. The molecule has 8 nitrogen and oxygen atoms in total. The summed E-state index contributed by atoms with van der Waals surface area (Å²) >= 11 is 0. The SMILES string of the molecule is COc1ccc(C(CC(=O)OC(C)(C)C)N=CC=C(N)/C=C/CCc2ccc3cccnc3n2)cn1. The highest BCUT2D eigenvalue weighted by Crippen LogP contribution is 2.24. The number of methoxy groups -OCH3 is 1. The number of rotatable bonds is 10. The van der Waals surface area contributed by atoms with Gasteiger partial charge < -0.3 is 15.2 Å². The molecule has 0 aliphatic carbocycles. The summed E-state index contributed by atoms with van der Waals surface area (Å²) < 4.78 is 10.6. The normalized spacial score (nSPS) is 13.4. The van der Waals surface area contributed by atoms with E-state index in [2.05, 4.69) is 19.9 Å². The second-order valence-electron chi connectivity index (χ2n) is 9.20. The topological polar surface area (TPSA) is 113 Å². The molecule has 0 spiro atoms. The molecule has 188 valence electrons. The van der Waals surface area contributed by atoms with Gasteiger partial charge in [0.15, 0.2) is 5.65 Å². The van der Waals surface area contributed by atoms with Crippen molar-refractivity contribution >= 4 is 23.2 Å². The van der Waals surface area contributed by atoms with Crippen LogP contribution in [0.4, 0.5) is 0 Å². The molecule has 0 aromatic carbocycles. The summed E-state index contributed by atoms with van der Waals surface area (Å²) in [5.74, 6) is 0.151. The lowest BCUT2D eigenvalue weighted by molar-refractivity contribution is -0.155. The van der Waals surface area contributed by atoms with Crippen molar-refractivity contribution in [2.45, 2.75) is 51.7 Å². The molecule has 0 fully saturated rings. The van der Waals surface area contributed by atoms with Crippen LogP contribution < -0.4 is 10.5 Å². The first-order chi connectivity index (χ1) is 17.2. The van der Waals surface area contributed by atoms with Crippen LogP contribution in [0.1, 0.15) is 50.9 Å². The van der Waals surface area contributed by atoms with E-state index >= 15 is 0 Å². The molecule has 3 rings (SSSR count). The highest BCUT2D eigenvalue weighted by molar-refractivity contribution is 5.75. The number of ether oxygens (including phenoxy) is 2. The first-order valence-electron chi connectivity index (χ1n) is 11.8. The fourth-order valence-corrected chi connectivity index (χ4v) is 3.38. The van der Waals surface area contributed by atoms with Gasteiger partial charge in [-0.3, -0.25) is 9.79 Å². The number of carbonyl (C=O) groups excluding carboxylic acids is 1. The van der Waals surface area contributed by atoms with Crippen molar-refractivity contribution in [1.29, 1.82) is 0 Å². The predicted molar refractivity (Wildman–Crippen MR) is 142 cm³/mol. The molecule has 2 N–H and O–H groups in total. The van der Waals surface area contributed by atoms with Crippen molar-refractivity contribution in [1.82, 2.24) is 15.0 Å². The Kier molecular flexibility index (Phi) is 9.27. The summed E-state index contributed by atoms with van der Waals surface area (Å²) in [5.41, 5.74) is 8.60. The smallest absolute Gasteiger partial charge is 0.308 e. The molecule has 0 saturated heterocycles. The van der Waals surface area contributed by atoms with E-state index in [-0.39, 0.29) is 12.4 Å². The average molecular weight is 488 g/mol. The number of nitrogens with zero attached hydrogens (tertiary/aromatic N) is 4. The largest absolute Gasteiger partial charge is 0.481 e. The van der Waals surface area contributed by atoms with Crippen LogP contribution in [0.2, 0.25) is 0 Å². The number of hydrogen-bond donors (Lipinski definition) is 1. The fraction of sp³-hybridized carbons (Fsp3) is 0.321. The lowest BCUT2D eigenvalue weighted by Gasteiger charge is -2.21. The molecule has 1 atom stereocenters. The molecular formula is C28H33N5O3. The minimum atomic E-state index is -0.572. The Balaban J connectivity index is 1.61. The number of aromatic nitrogens is 3. The average Bonchev–Trinajstić information content (AvgIpc) is 2.85. The van der Waals surface area contributed by atoms with Gasteiger partial charge in [0.1, 0.15) is 5.60 Å². The van der Waals surface area contributed by atoms with Gasteiger partial charge >= 0.3 is 5.97 Å². The van der Waals surface area contributed by atoms with Crippen LogP contribution in [0.5, 0.6) is 5.88 Å². The van der Waals surface area contributed by atoms with Gasteiger partial charge in [0, 0.05) is 41.5 Å². The van der Waals surface area contributed by atoms with Gasteiger partial charge in [-0.1, -0.05) is 6.08 Å². The summed E-state index contributed by atoms with van der Waals surface area (Å²) in [7, 11) is 1.55. The Labute approximate surface area is 212 Å². The van der Waals surface area contributed by atoms with Crippen LogP contribution in [0.3, 0.4) is 0 Å². The third-order valence-corrected chi connectivity index (χ3v) is 5.07. The van der Waals surface area contributed by atoms with Gasteiger partial charge in [-0.05, 0) is 81.7 Å². The number of esters is 1. The Morgan fingerprint density at radius 3 is 2.72 bits per heavy atom. The number of hydrogen-bond acceptors (Lipinski definition) is 8. The lowest BCUT2D eigenvalue weighted by Crippen LogP contribution is -2.24. The Hall–Kier alpha value is -4.07. The maximum atomic E-state index is 12.4. The fourth-order valence-electron chi connectivity index (χ4n) is 3.38. The van der Waals surface area contributed by atoms with Crippen LogP contribution in [0.15, 0.2) is 77.7 Å². The maximum Gasteiger partial charge on any atom is 0.308 e. The standard InChI is InChI=1S/C28H33N5O3/c1-28(2,3)36-26(34)18-24(21-12-14-25(35-4)32-19-21)30-17-15-22(29)9-5-6-10-23-13-11-20-8-7-16-31-27(20)33-23/h5,7-9,11-17,19,24H,6,10,18,29H2,1-4H3/b9-5+,22-15?,30-17?. The molecular weight excluding hydrogens is 454 g/mol. The summed E-state index contributed by atoms with van der Waals surface area (Å²) in [6.07, 6.45) is 12.2. The monoisotopic (exact) mass is 487 g/mol. The third kappa shape index (κ3) is 8.61. The van der Waals surface area contributed by atoms with E-state index in [1.54, 1.807) is 37.9 Å². The molecule has 0 aliphatic heterocycles. The van der Waals surface area contributed by atoms with Crippen molar-refractivity contribution in [2.24, 2.45) is 10.7 Å². The molecule has 0 bridgehead atoms. The highest BCUT2D eigenvalue weighted by atomic mass is 16.6. The van der Waals surface area contributed by atoms with Crippen LogP contribution in [0.25, 0.3) is 11.0 Å². The molecule has 0 amide bonds. The second kappa shape index (κ2) is 12.6. The molecule has 1 unspecified atom stereocenters. The van der Waals surface area contributed by atoms with Gasteiger partial charge in [0.05, 0.1) is 19.6 Å². The van der Waals surface area contributed by atoms with Crippen molar-refractivity contribution in [3.05, 3.63) is 84.0 Å². The summed E-state index contributed by atoms with van der Waals surface area (Å²) in [6, 6.07) is 11.1. The summed E-state index contributed by atoms with van der Waals surface area (Å²) in [4.78, 5) is 30.1. The van der Waals surface area contributed by atoms with Crippen LogP contribution >= 0.6 is 0 Å². The second-order valence-corrected chi connectivity index (χ2v) is 9.20. The first-order valence-corrected chi connectivity index (χ1v) is 11.8. The number of fused-ring (bicyclic) bond motifs is 1.